The molecule has 3 nitrogen and oxygen atoms in total. The summed E-state index contributed by atoms with van der Waals surface area (Å²) in [7, 11) is 0. The zero-order valence-corrected chi connectivity index (χ0v) is 12.8. The third-order valence-corrected chi connectivity index (χ3v) is 4.72. The highest BCUT2D eigenvalue weighted by atomic mass is 16.5. The van der Waals surface area contributed by atoms with Gasteiger partial charge in [-0.05, 0) is 46.7 Å². The molecule has 2 fully saturated rings. The number of likely N-dealkylation sites (tertiary alicyclic amines) is 1. The Kier molecular flexibility index (Phi) is 4.05. The van der Waals surface area contributed by atoms with E-state index in [0.29, 0.717) is 12.0 Å². The van der Waals surface area contributed by atoms with Crippen molar-refractivity contribution in [2.45, 2.75) is 59.2 Å². The van der Waals surface area contributed by atoms with Gasteiger partial charge in [0.2, 0.25) is 0 Å². The average molecular weight is 254 g/mol. The molecule has 106 valence electrons. The Morgan fingerprint density at radius 3 is 2.22 bits per heavy atom. The van der Waals surface area contributed by atoms with Crippen molar-refractivity contribution in [1.82, 2.24) is 10.2 Å². The second-order valence-corrected chi connectivity index (χ2v) is 7.32. The number of hydrogen-bond acceptors (Lipinski definition) is 3. The van der Waals surface area contributed by atoms with Gasteiger partial charge >= 0.3 is 0 Å². The maximum absolute atomic E-state index is 6.19. The second-order valence-electron chi connectivity index (χ2n) is 7.32. The van der Waals surface area contributed by atoms with Gasteiger partial charge in [-0.3, -0.25) is 5.32 Å². The van der Waals surface area contributed by atoms with E-state index in [0.717, 1.165) is 13.2 Å². The van der Waals surface area contributed by atoms with Gasteiger partial charge in [-0.15, -0.1) is 0 Å². The number of piperidine rings is 1. The molecule has 0 aromatic heterocycles. The van der Waals surface area contributed by atoms with E-state index in [4.69, 9.17) is 4.74 Å². The van der Waals surface area contributed by atoms with Crippen LogP contribution in [-0.2, 0) is 4.74 Å². The predicted molar refractivity (Wildman–Crippen MR) is 75.6 cm³/mol. The van der Waals surface area contributed by atoms with Gasteiger partial charge in [-0.2, -0.15) is 0 Å². The summed E-state index contributed by atoms with van der Waals surface area (Å²) < 4.78 is 6.19. The Bertz CT molecular complexity index is 270. The molecule has 18 heavy (non-hydrogen) atoms. The molecule has 2 aliphatic heterocycles. The van der Waals surface area contributed by atoms with Gasteiger partial charge in [0, 0.05) is 23.9 Å². The van der Waals surface area contributed by atoms with E-state index in [-0.39, 0.29) is 11.1 Å². The molecule has 0 radical (unpaired) electrons. The predicted octanol–water partition coefficient (Wildman–Crippen LogP) is 2.47. The van der Waals surface area contributed by atoms with Crippen molar-refractivity contribution in [2.24, 2.45) is 11.3 Å². The molecular weight excluding hydrogens is 224 g/mol. The van der Waals surface area contributed by atoms with E-state index in [1.807, 2.05) is 0 Å². The van der Waals surface area contributed by atoms with Gasteiger partial charge in [0.25, 0.3) is 0 Å². The first-order valence-corrected chi connectivity index (χ1v) is 7.45. The van der Waals surface area contributed by atoms with Crippen LogP contribution in [0.3, 0.4) is 0 Å². The second kappa shape index (κ2) is 5.10. The van der Waals surface area contributed by atoms with E-state index in [1.54, 1.807) is 0 Å². The Hall–Kier alpha value is -0.120. The Morgan fingerprint density at radius 2 is 1.78 bits per heavy atom. The number of nitrogens with zero attached hydrogens (tertiary/aromatic N) is 1. The number of nitrogens with one attached hydrogen (secondary N) is 1. The van der Waals surface area contributed by atoms with Gasteiger partial charge in [0.05, 0.1) is 6.61 Å². The molecular formula is C15H30N2O. The van der Waals surface area contributed by atoms with Crippen molar-refractivity contribution >= 4 is 0 Å². The van der Waals surface area contributed by atoms with Gasteiger partial charge in [-0.1, -0.05) is 13.8 Å². The fourth-order valence-corrected chi connectivity index (χ4v) is 3.09. The summed E-state index contributed by atoms with van der Waals surface area (Å²) in [5.74, 6) is 0.656. The van der Waals surface area contributed by atoms with Gasteiger partial charge in [0.15, 0.2) is 0 Å². The zero-order valence-electron chi connectivity index (χ0n) is 12.8. The molecule has 0 spiro atoms. The minimum atomic E-state index is -0.0986. The standard InChI is InChI=1S/C15H30N2O/c1-12(2)17-8-6-13(7-9-17)15(5)16-10-14(3,4)11-18-15/h12-13,16H,6-11H2,1-5H3. The summed E-state index contributed by atoms with van der Waals surface area (Å²) >= 11 is 0. The molecule has 0 bridgehead atoms. The van der Waals surface area contributed by atoms with Crippen molar-refractivity contribution in [2.75, 3.05) is 26.2 Å². The lowest BCUT2D eigenvalue weighted by atomic mass is 9.83. The highest BCUT2D eigenvalue weighted by Gasteiger charge is 2.42. The lowest BCUT2D eigenvalue weighted by molar-refractivity contribution is -0.165. The summed E-state index contributed by atoms with van der Waals surface area (Å²) in [4.78, 5) is 2.58. The molecule has 1 N–H and O–H groups in total. The molecule has 1 atom stereocenters. The molecule has 2 rings (SSSR count). The van der Waals surface area contributed by atoms with Crippen molar-refractivity contribution < 1.29 is 4.74 Å². The lowest BCUT2D eigenvalue weighted by Crippen LogP contribution is -2.61. The summed E-state index contributed by atoms with van der Waals surface area (Å²) in [5, 5.41) is 3.66. The molecule has 2 saturated heterocycles. The molecule has 2 heterocycles. The molecule has 0 saturated carbocycles. The van der Waals surface area contributed by atoms with Crippen LogP contribution in [-0.4, -0.2) is 42.9 Å². The SMILES string of the molecule is CC(C)N1CCC(C2(C)NCC(C)(C)CO2)CC1. The third-order valence-electron chi connectivity index (χ3n) is 4.72. The van der Waals surface area contributed by atoms with Crippen LogP contribution in [0, 0.1) is 11.3 Å². The minimum absolute atomic E-state index is 0.0986. The molecule has 0 aromatic carbocycles. The van der Waals surface area contributed by atoms with E-state index >= 15 is 0 Å². The largest absolute Gasteiger partial charge is 0.360 e. The van der Waals surface area contributed by atoms with Crippen LogP contribution in [0.15, 0.2) is 0 Å². The Labute approximate surface area is 112 Å². The van der Waals surface area contributed by atoms with E-state index in [1.165, 1.54) is 25.9 Å². The van der Waals surface area contributed by atoms with Crippen LogP contribution in [0.4, 0.5) is 0 Å². The maximum atomic E-state index is 6.19. The summed E-state index contributed by atoms with van der Waals surface area (Å²) in [6.45, 7) is 15.7. The van der Waals surface area contributed by atoms with E-state index in [2.05, 4.69) is 44.8 Å². The maximum Gasteiger partial charge on any atom is 0.119 e. The Morgan fingerprint density at radius 1 is 1.17 bits per heavy atom. The van der Waals surface area contributed by atoms with Gasteiger partial charge < -0.3 is 9.64 Å². The Balaban J connectivity index is 1.89. The molecule has 1 unspecified atom stereocenters. The summed E-state index contributed by atoms with van der Waals surface area (Å²) in [5.41, 5.74) is 0.177. The van der Waals surface area contributed by atoms with Crippen LogP contribution in [0.5, 0.6) is 0 Å². The van der Waals surface area contributed by atoms with Gasteiger partial charge in [0.1, 0.15) is 5.72 Å². The number of hydrogen-bond donors (Lipinski definition) is 1. The van der Waals surface area contributed by atoms with Crippen molar-refractivity contribution in [3.8, 4) is 0 Å². The number of ether oxygens (including phenoxy) is 1. The first-order valence-electron chi connectivity index (χ1n) is 7.45. The summed E-state index contributed by atoms with van der Waals surface area (Å²) in [6, 6.07) is 0.679. The highest BCUT2D eigenvalue weighted by molar-refractivity contribution is 4.92. The minimum Gasteiger partial charge on any atom is -0.360 e. The van der Waals surface area contributed by atoms with E-state index < -0.39 is 0 Å². The molecule has 0 aliphatic carbocycles. The van der Waals surface area contributed by atoms with Crippen molar-refractivity contribution in [3.05, 3.63) is 0 Å². The zero-order chi connectivity index (χ0) is 13.4. The first-order chi connectivity index (χ1) is 8.32. The van der Waals surface area contributed by atoms with Gasteiger partial charge in [-0.25, -0.2) is 0 Å². The number of rotatable bonds is 2. The topological polar surface area (TPSA) is 24.5 Å². The first kappa shape index (κ1) is 14.3. The molecule has 0 aromatic rings. The molecule has 2 aliphatic rings. The molecule has 0 amide bonds. The smallest absolute Gasteiger partial charge is 0.119 e. The quantitative estimate of drug-likeness (QED) is 0.819. The average Bonchev–Trinajstić information content (AvgIpc) is 2.34. The fourth-order valence-electron chi connectivity index (χ4n) is 3.09. The monoisotopic (exact) mass is 254 g/mol. The normalized spacial score (nSPS) is 35.0. The van der Waals surface area contributed by atoms with E-state index in [9.17, 15) is 0 Å². The third kappa shape index (κ3) is 3.06. The van der Waals surface area contributed by atoms with Crippen LogP contribution in [0.25, 0.3) is 0 Å². The highest BCUT2D eigenvalue weighted by Crippen LogP contribution is 2.34. The van der Waals surface area contributed by atoms with Crippen LogP contribution in [0.2, 0.25) is 0 Å². The molecule has 3 heteroatoms. The lowest BCUT2D eigenvalue weighted by Gasteiger charge is -2.49. The summed E-state index contributed by atoms with van der Waals surface area (Å²) in [6.07, 6.45) is 2.50. The van der Waals surface area contributed by atoms with Crippen molar-refractivity contribution in [1.29, 1.82) is 0 Å². The van der Waals surface area contributed by atoms with Crippen LogP contribution >= 0.6 is 0 Å². The fraction of sp³-hybridized carbons (Fsp3) is 1.00. The van der Waals surface area contributed by atoms with Crippen LogP contribution < -0.4 is 5.32 Å². The van der Waals surface area contributed by atoms with Crippen molar-refractivity contribution in [3.63, 3.8) is 0 Å². The van der Waals surface area contributed by atoms with Crippen LogP contribution in [0.1, 0.15) is 47.5 Å².